The van der Waals surface area contributed by atoms with Crippen molar-refractivity contribution in [2.75, 3.05) is 0 Å². The molecule has 0 bridgehead atoms. The van der Waals surface area contributed by atoms with Gasteiger partial charge < -0.3 is 4.74 Å². The Hall–Kier alpha value is -1.64. The van der Waals surface area contributed by atoms with Crippen molar-refractivity contribution in [2.45, 2.75) is 57.5 Å². The quantitative estimate of drug-likeness (QED) is 0.519. The molecule has 0 N–H and O–H groups in total. The van der Waals surface area contributed by atoms with E-state index in [0.717, 1.165) is 32.1 Å². The SMILES string of the molecule is C=CC1CC2=CC(=O)CC[C@@H]2C2CC[C@@]3(C)C(CC[C@@]34C=CC(=O)O4)C12. The third kappa shape index (κ3) is 2.00. The summed E-state index contributed by atoms with van der Waals surface area (Å²) < 4.78 is 5.92. The van der Waals surface area contributed by atoms with Crippen LogP contribution >= 0.6 is 0 Å². The Morgan fingerprint density at radius 2 is 2.08 bits per heavy atom. The Kier molecular flexibility index (Phi) is 3.45. The van der Waals surface area contributed by atoms with Crippen LogP contribution < -0.4 is 0 Å². The number of fused-ring (bicyclic) bond motifs is 6. The maximum Gasteiger partial charge on any atom is 0.331 e. The Morgan fingerprint density at radius 1 is 1.23 bits per heavy atom. The molecule has 3 nitrogen and oxygen atoms in total. The second kappa shape index (κ2) is 5.43. The predicted octanol–water partition coefficient (Wildman–Crippen LogP) is 4.39. The molecule has 4 aliphatic carbocycles. The van der Waals surface area contributed by atoms with Gasteiger partial charge in [-0.25, -0.2) is 4.79 Å². The van der Waals surface area contributed by atoms with E-state index in [1.165, 1.54) is 12.0 Å². The smallest absolute Gasteiger partial charge is 0.331 e. The van der Waals surface area contributed by atoms with Gasteiger partial charge in [-0.15, -0.1) is 6.58 Å². The van der Waals surface area contributed by atoms with Crippen LogP contribution in [0.5, 0.6) is 0 Å². The van der Waals surface area contributed by atoms with Gasteiger partial charge >= 0.3 is 5.97 Å². The number of carbonyl (C=O) groups is 2. The first-order chi connectivity index (χ1) is 12.5. The van der Waals surface area contributed by atoms with Crippen LogP contribution in [0.4, 0.5) is 0 Å². The number of esters is 1. The lowest BCUT2D eigenvalue weighted by atomic mass is 9.48. The van der Waals surface area contributed by atoms with E-state index in [4.69, 9.17) is 4.74 Å². The number of hydrogen-bond donors (Lipinski definition) is 0. The Morgan fingerprint density at radius 3 is 2.81 bits per heavy atom. The molecule has 3 fully saturated rings. The third-order valence-electron chi connectivity index (χ3n) is 8.65. The summed E-state index contributed by atoms with van der Waals surface area (Å²) in [5.41, 5.74) is 1.03. The fourth-order valence-corrected chi connectivity index (χ4v) is 7.45. The molecule has 4 unspecified atom stereocenters. The van der Waals surface area contributed by atoms with Gasteiger partial charge in [0.05, 0.1) is 0 Å². The minimum Gasteiger partial charge on any atom is -0.451 e. The number of hydrogen-bond acceptors (Lipinski definition) is 3. The second-order valence-electron chi connectivity index (χ2n) is 9.42. The molecule has 0 aromatic rings. The maximum atomic E-state index is 11.9. The first kappa shape index (κ1) is 16.5. The molecule has 7 atom stereocenters. The van der Waals surface area contributed by atoms with E-state index in [1.54, 1.807) is 6.08 Å². The summed E-state index contributed by atoms with van der Waals surface area (Å²) >= 11 is 0. The molecule has 1 heterocycles. The van der Waals surface area contributed by atoms with Crippen LogP contribution in [0.15, 0.2) is 36.5 Å². The zero-order valence-electron chi connectivity index (χ0n) is 15.6. The lowest BCUT2D eigenvalue weighted by Crippen LogP contribution is -2.54. The average molecular weight is 352 g/mol. The summed E-state index contributed by atoms with van der Waals surface area (Å²) in [5.74, 6) is 2.98. The average Bonchev–Trinajstić information content (AvgIpc) is 3.14. The highest BCUT2D eigenvalue weighted by atomic mass is 16.6. The van der Waals surface area contributed by atoms with Crippen molar-refractivity contribution in [3.05, 3.63) is 36.5 Å². The zero-order chi connectivity index (χ0) is 18.1. The molecule has 1 aliphatic heterocycles. The fraction of sp³-hybridized carbons (Fsp3) is 0.652. The van der Waals surface area contributed by atoms with Crippen molar-refractivity contribution in [3.63, 3.8) is 0 Å². The molecule has 5 aliphatic rings. The maximum absolute atomic E-state index is 11.9. The van der Waals surface area contributed by atoms with E-state index in [1.807, 2.05) is 6.08 Å². The van der Waals surface area contributed by atoms with Crippen LogP contribution in [-0.2, 0) is 14.3 Å². The number of allylic oxidation sites excluding steroid dienone is 2. The molecule has 1 spiro atoms. The van der Waals surface area contributed by atoms with Crippen molar-refractivity contribution < 1.29 is 14.3 Å². The van der Waals surface area contributed by atoms with E-state index in [-0.39, 0.29) is 17.0 Å². The summed E-state index contributed by atoms with van der Waals surface area (Å²) in [7, 11) is 0. The van der Waals surface area contributed by atoms with Crippen LogP contribution in [0.3, 0.4) is 0 Å². The van der Waals surface area contributed by atoms with Gasteiger partial charge in [0.1, 0.15) is 5.60 Å². The summed E-state index contributed by atoms with van der Waals surface area (Å²) in [5, 5.41) is 0. The summed E-state index contributed by atoms with van der Waals surface area (Å²) in [4.78, 5) is 23.8. The fourth-order valence-electron chi connectivity index (χ4n) is 7.45. The molecule has 3 saturated carbocycles. The van der Waals surface area contributed by atoms with Crippen LogP contribution in [0.2, 0.25) is 0 Å². The Bertz CT molecular complexity index is 747. The van der Waals surface area contributed by atoms with E-state index in [9.17, 15) is 9.59 Å². The highest BCUT2D eigenvalue weighted by Gasteiger charge is 2.65. The number of ketones is 1. The summed E-state index contributed by atoms with van der Waals surface area (Å²) in [6.45, 7) is 6.52. The van der Waals surface area contributed by atoms with Gasteiger partial charge in [0.25, 0.3) is 0 Å². The molecule has 3 heteroatoms. The minimum absolute atomic E-state index is 0.0315. The molecule has 0 aromatic heterocycles. The van der Waals surface area contributed by atoms with Crippen LogP contribution in [-0.4, -0.2) is 17.4 Å². The Balaban J connectivity index is 1.53. The van der Waals surface area contributed by atoms with Crippen molar-refractivity contribution in [2.24, 2.45) is 35.0 Å². The lowest BCUT2D eigenvalue weighted by molar-refractivity contribution is -0.162. The summed E-state index contributed by atoms with van der Waals surface area (Å²) in [6.07, 6.45) is 14.9. The van der Waals surface area contributed by atoms with Gasteiger partial charge in [-0.3, -0.25) is 4.79 Å². The number of ether oxygens (including phenoxy) is 1. The van der Waals surface area contributed by atoms with Gasteiger partial charge in [-0.05, 0) is 80.3 Å². The highest BCUT2D eigenvalue weighted by Crippen LogP contribution is 2.67. The van der Waals surface area contributed by atoms with Gasteiger partial charge in [0.15, 0.2) is 5.78 Å². The molecular weight excluding hydrogens is 324 g/mol. The molecule has 138 valence electrons. The Labute approximate surface area is 155 Å². The van der Waals surface area contributed by atoms with Gasteiger partial charge in [-0.1, -0.05) is 18.6 Å². The molecular formula is C23H28O3. The highest BCUT2D eigenvalue weighted by molar-refractivity contribution is 5.91. The summed E-state index contributed by atoms with van der Waals surface area (Å²) in [6, 6.07) is 0. The van der Waals surface area contributed by atoms with Gasteiger partial charge in [-0.2, -0.15) is 0 Å². The monoisotopic (exact) mass is 352 g/mol. The molecule has 5 rings (SSSR count). The molecule has 0 radical (unpaired) electrons. The standard InChI is InChI=1S/C23H28O3/c1-3-14-12-15-13-16(24)4-5-17(15)18-6-9-22(2)19(21(14)18)7-10-23(22)11-8-20(25)26-23/h3,8,11,13-14,17-19,21H,1,4-7,9-10,12H2,2H3/t14?,17-,18?,19?,21?,22-,23+/m0/s1. The molecule has 0 aromatic carbocycles. The van der Waals surface area contributed by atoms with Crippen molar-refractivity contribution in [1.29, 1.82) is 0 Å². The van der Waals surface area contributed by atoms with Crippen LogP contribution in [0, 0.1) is 35.0 Å². The molecule has 0 amide bonds. The lowest BCUT2D eigenvalue weighted by Gasteiger charge is -2.57. The van der Waals surface area contributed by atoms with Gasteiger partial charge in [0.2, 0.25) is 0 Å². The minimum atomic E-state index is -0.385. The van der Waals surface area contributed by atoms with E-state index < -0.39 is 0 Å². The first-order valence-corrected chi connectivity index (χ1v) is 10.3. The van der Waals surface area contributed by atoms with E-state index in [2.05, 4.69) is 25.7 Å². The predicted molar refractivity (Wildman–Crippen MR) is 99.1 cm³/mol. The topological polar surface area (TPSA) is 43.4 Å². The first-order valence-electron chi connectivity index (χ1n) is 10.3. The third-order valence-corrected chi connectivity index (χ3v) is 8.65. The largest absolute Gasteiger partial charge is 0.451 e. The van der Waals surface area contributed by atoms with Crippen molar-refractivity contribution in [1.82, 2.24) is 0 Å². The number of rotatable bonds is 1. The molecule has 0 saturated heterocycles. The van der Waals surface area contributed by atoms with Crippen molar-refractivity contribution >= 4 is 11.8 Å². The molecule has 26 heavy (non-hydrogen) atoms. The second-order valence-corrected chi connectivity index (χ2v) is 9.42. The van der Waals surface area contributed by atoms with Crippen LogP contribution in [0.25, 0.3) is 0 Å². The van der Waals surface area contributed by atoms with E-state index in [0.29, 0.717) is 41.8 Å². The van der Waals surface area contributed by atoms with E-state index >= 15 is 0 Å². The normalized spacial score (nSPS) is 49.3. The van der Waals surface area contributed by atoms with Crippen LogP contribution in [0.1, 0.15) is 51.9 Å². The van der Waals surface area contributed by atoms with Crippen molar-refractivity contribution in [3.8, 4) is 0 Å². The number of carbonyl (C=O) groups excluding carboxylic acids is 2. The van der Waals surface area contributed by atoms with Gasteiger partial charge in [0, 0.05) is 17.9 Å². The zero-order valence-corrected chi connectivity index (χ0v) is 15.6.